The molecule has 0 aromatic heterocycles. The molecule has 138 valence electrons. The van der Waals surface area contributed by atoms with Crippen LogP contribution in [0, 0.1) is 5.92 Å². The number of halogens is 1. The van der Waals surface area contributed by atoms with E-state index in [1.807, 2.05) is 29.2 Å². The molecule has 5 nitrogen and oxygen atoms in total. The second-order valence-corrected chi connectivity index (χ2v) is 7.56. The van der Waals surface area contributed by atoms with Crippen molar-refractivity contribution in [3.63, 3.8) is 0 Å². The molecule has 0 radical (unpaired) electrons. The van der Waals surface area contributed by atoms with Crippen LogP contribution in [-0.2, 0) is 16.0 Å². The highest BCUT2D eigenvalue weighted by Gasteiger charge is 2.27. The average molecular weight is 366 g/mol. The van der Waals surface area contributed by atoms with Crippen molar-refractivity contribution in [3.8, 4) is 0 Å². The summed E-state index contributed by atoms with van der Waals surface area (Å²) < 4.78 is 5.40. The first kappa shape index (κ1) is 18.6. The van der Waals surface area contributed by atoms with Gasteiger partial charge in [0.05, 0.1) is 19.3 Å². The minimum Gasteiger partial charge on any atom is -0.379 e. The van der Waals surface area contributed by atoms with Crippen molar-refractivity contribution in [1.82, 2.24) is 9.80 Å². The molecular formula is C19H28ClN3O2. The van der Waals surface area contributed by atoms with E-state index < -0.39 is 6.04 Å². The summed E-state index contributed by atoms with van der Waals surface area (Å²) in [5.41, 5.74) is 7.20. The summed E-state index contributed by atoms with van der Waals surface area (Å²) in [6, 6.07) is 7.07. The van der Waals surface area contributed by atoms with Gasteiger partial charge in [0.1, 0.15) is 0 Å². The molecular weight excluding hydrogens is 338 g/mol. The Morgan fingerprint density at radius 3 is 2.44 bits per heavy atom. The van der Waals surface area contributed by atoms with Crippen LogP contribution in [0.25, 0.3) is 0 Å². The van der Waals surface area contributed by atoms with Crippen LogP contribution in [0.4, 0.5) is 0 Å². The first-order valence-electron chi connectivity index (χ1n) is 9.21. The molecule has 3 rings (SSSR count). The molecule has 2 fully saturated rings. The highest BCUT2D eigenvalue weighted by Crippen LogP contribution is 2.20. The Morgan fingerprint density at radius 1 is 1.16 bits per heavy atom. The molecule has 2 aliphatic heterocycles. The van der Waals surface area contributed by atoms with Crippen LogP contribution in [0.5, 0.6) is 0 Å². The molecule has 25 heavy (non-hydrogen) atoms. The van der Waals surface area contributed by atoms with Gasteiger partial charge in [0, 0.05) is 37.7 Å². The highest BCUT2D eigenvalue weighted by atomic mass is 35.5. The summed E-state index contributed by atoms with van der Waals surface area (Å²) in [4.78, 5) is 17.0. The SMILES string of the molecule is N[C@H](Cc1ccc(Cl)cc1)C(=O)N1CCC(CN2CCOCC2)CC1. The van der Waals surface area contributed by atoms with Gasteiger partial charge in [0.15, 0.2) is 0 Å². The highest BCUT2D eigenvalue weighted by molar-refractivity contribution is 6.30. The molecule has 2 N–H and O–H groups in total. The van der Waals surface area contributed by atoms with Gasteiger partial charge in [-0.2, -0.15) is 0 Å². The van der Waals surface area contributed by atoms with Gasteiger partial charge < -0.3 is 15.4 Å². The summed E-state index contributed by atoms with van der Waals surface area (Å²) in [5.74, 6) is 0.745. The van der Waals surface area contributed by atoms with Crippen LogP contribution in [0.3, 0.4) is 0 Å². The van der Waals surface area contributed by atoms with Gasteiger partial charge in [-0.15, -0.1) is 0 Å². The van der Waals surface area contributed by atoms with E-state index in [9.17, 15) is 4.79 Å². The molecule has 0 aliphatic carbocycles. The zero-order valence-corrected chi connectivity index (χ0v) is 15.5. The third kappa shape index (κ3) is 5.42. The molecule has 1 atom stereocenters. The molecule has 1 aromatic rings. The number of likely N-dealkylation sites (tertiary alicyclic amines) is 1. The maximum atomic E-state index is 12.6. The number of benzene rings is 1. The van der Waals surface area contributed by atoms with Crippen LogP contribution in [-0.4, -0.2) is 67.7 Å². The summed E-state index contributed by atoms with van der Waals surface area (Å²) in [5, 5.41) is 0.700. The number of hydrogen-bond acceptors (Lipinski definition) is 4. The minimum absolute atomic E-state index is 0.0692. The van der Waals surface area contributed by atoms with Crippen LogP contribution in [0.15, 0.2) is 24.3 Å². The molecule has 2 heterocycles. The Hall–Kier alpha value is -1.14. The Labute approximate surface area is 155 Å². The van der Waals surface area contributed by atoms with E-state index in [1.165, 1.54) is 0 Å². The zero-order valence-electron chi connectivity index (χ0n) is 14.7. The topological polar surface area (TPSA) is 58.8 Å². The van der Waals surface area contributed by atoms with Crippen LogP contribution < -0.4 is 5.73 Å². The molecule has 2 saturated heterocycles. The predicted molar refractivity (Wildman–Crippen MR) is 99.7 cm³/mol. The maximum Gasteiger partial charge on any atom is 0.239 e. The fourth-order valence-corrected chi connectivity index (χ4v) is 3.81. The molecule has 2 aliphatic rings. The van der Waals surface area contributed by atoms with E-state index in [1.54, 1.807) is 0 Å². The molecule has 0 bridgehead atoms. The standard InChI is InChI=1S/C19H28ClN3O2/c20-17-3-1-15(2-4-17)13-18(21)19(24)23-7-5-16(6-8-23)14-22-9-11-25-12-10-22/h1-4,16,18H,5-14,21H2/t18-/m1/s1. The third-order valence-electron chi connectivity index (χ3n) is 5.23. The normalized spacial score (nSPS) is 21.3. The van der Waals surface area contributed by atoms with Crippen LogP contribution in [0.2, 0.25) is 5.02 Å². The lowest BCUT2D eigenvalue weighted by atomic mass is 9.95. The number of morpholine rings is 1. The largest absolute Gasteiger partial charge is 0.379 e. The zero-order chi connectivity index (χ0) is 17.6. The summed E-state index contributed by atoms with van der Waals surface area (Å²) in [7, 11) is 0. The van der Waals surface area contributed by atoms with Crippen molar-refractivity contribution >= 4 is 17.5 Å². The monoisotopic (exact) mass is 365 g/mol. The van der Waals surface area contributed by atoms with Crippen molar-refractivity contribution in [2.24, 2.45) is 11.7 Å². The minimum atomic E-state index is -0.475. The average Bonchev–Trinajstić information content (AvgIpc) is 2.64. The number of carbonyl (C=O) groups excluding carboxylic acids is 1. The summed E-state index contributed by atoms with van der Waals surface area (Å²) in [6.45, 7) is 6.52. The van der Waals surface area contributed by atoms with Crippen molar-refractivity contribution in [1.29, 1.82) is 0 Å². The molecule has 1 aromatic carbocycles. The molecule has 0 saturated carbocycles. The fraction of sp³-hybridized carbons (Fsp3) is 0.632. The maximum absolute atomic E-state index is 12.6. The van der Waals surface area contributed by atoms with Gasteiger partial charge in [0.2, 0.25) is 5.91 Å². The first-order chi connectivity index (χ1) is 12.1. The number of nitrogens with zero attached hydrogens (tertiary/aromatic N) is 2. The smallest absolute Gasteiger partial charge is 0.239 e. The van der Waals surface area contributed by atoms with Crippen molar-refractivity contribution in [3.05, 3.63) is 34.9 Å². The van der Waals surface area contributed by atoms with E-state index >= 15 is 0 Å². The number of ether oxygens (including phenoxy) is 1. The first-order valence-corrected chi connectivity index (χ1v) is 9.58. The van der Waals surface area contributed by atoms with E-state index in [2.05, 4.69) is 4.90 Å². The van der Waals surface area contributed by atoms with Crippen LogP contribution >= 0.6 is 11.6 Å². The third-order valence-corrected chi connectivity index (χ3v) is 5.48. The Bertz CT molecular complexity index is 552. The molecule has 1 amide bonds. The van der Waals surface area contributed by atoms with Gasteiger partial charge in [-0.3, -0.25) is 9.69 Å². The lowest BCUT2D eigenvalue weighted by Gasteiger charge is -2.36. The molecule has 6 heteroatoms. The van der Waals surface area contributed by atoms with Crippen LogP contribution in [0.1, 0.15) is 18.4 Å². The van der Waals surface area contributed by atoms with E-state index in [-0.39, 0.29) is 5.91 Å². The molecule has 0 unspecified atom stereocenters. The number of rotatable bonds is 5. The quantitative estimate of drug-likeness (QED) is 0.864. The number of carbonyl (C=O) groups is 1. The Morgan fingerprint density at radius 2 is 1.80 bits per heavy atom. The van der Waals surface area contributed by atoms with Crippen molar-refractivity contribution in [2.45, 2.75) is 25.3 Å². The number of amides is 1. The summed E-state index contributed by atoms with van der Waals surface area (Å²) in [6.07, 6.45) is 2.69. The van der Waals surface area contributed by atoms with Gasteiger partial charge in [0.25, 0.3) is 0 Å². The van der Waals surface area contributed by atoms with Crippen molar-refractivity contribution in [2.75, 3.05) is 45.9 Å². The van der Waals surface area contributed by atoms with E-state index in [4.69, 9.17) is 22.1 Å². The lowest BCUT2D eigenvalue weighted by molar-refractivity contribution is -0.134. The van der Waals surface area contributed by atoms with Gasteiger partial charge in [-0.1, -0.05) is 23.7 Å². The second-order valence-electron chi connectivity index (χ2n) is 7.12. The second kappa shape index (κ2) is 8.99. The van der Waals surface area contributed by atoms with E-state index in [0.717, 1.165) is 64.3 Å². The number of hydrogen-bond donors (Lipinski definition) is 1. The van der Waals surface area contributed by atoms with Gasteiger partial charge in [-0.05, 0) is 42.9 Å². The van der Waals surface area contributed by atoms with Gasteiger partial charge in [-0.25, -0.2) is 0 Å². The predicted octanol–water partition coefficient (Wildman–Crippen LogP) is 1.78. The Balaban J connectivity index is 1.43. The Kier molecular flexibility index (Phi) is 6.70. The number of nitrogens with two attached hydrogens (primary N) is 1. The molecule has 0 spiro atoms. The lowest BCUT2D eigenvalue weighted by Crippen LogP contribution is -2.49. The fourth-order valence-electron chi connectivity index (χ4n) is 3.68. The van der Waals surface area contributed by atoms with E-state index in [0.29, 0.717) is 17.4 Å². The van der Waals surface area contributed by atoms with Gasteiger partial charge >= 0.3 is 0 Å². The number of piperidine rings is 1. The van der Waals surface area contributed by atoms with Crippen molar-refractivity contribution < 1.29 is 9.53 Å². The summed E-state index contributed by atoms with van der Waals surface area (Å²) >= 11 is 5.90.